The lowest BCUT2D eigenvalue weighted by atomic mass is 9.98. The van der Waals surface area contributed by atoms with Gasteiger partial charge in [-0.05, 0) is 54.8 Å². The highest BCUT2D eigenvalue weighted by atomic mass is 19.4. The minimum atomic E-state index is -4.42. The molecule has 0 spiro atoms. The van der Waals surface area contributed by atoms with Crippen molar-refractivity contribution in [1.29, 1.82) is 0 Å². The van der Waals surface area contributed by atoms with Gasteiger partial charge in [-0.25, -0.2) is 9.48 Å². The van der Waals surface area contributed by atoms with E-state index in [1.807, 2.05) is 12.1 Å². The van der Waals surface area contributed by atoms with E-state index in [-0.39, 0.29) is 12.3 Å². The smallest absolute Gasteiger partial charge is 0.416 e. The maximum atomic E-state index is 12.9. The Kier molecular flexibility index (Phi) is 6.66. The van der Waals surface area contributed by atoms with E-state index >= 15 is 0 Å². The number of nitrogens with one attached hydrogen (secondary N) is 2. The molecule has 2 aromatic carbocycles. The molecule has 0 bridgehead atoms. The van der Waals surface area contributed by atoms with Crippen LogP contribution in [0.5, 0.6) is 0 Å². The lowest BCUT2D eigenvalue weighted by molar-refractivity contribution is -0.137. The van der Waals surface area contributed by atoms with E-state index in [0.717, 1.165) is 42.8 Å². The minimum Gasteiger partial charge on any atom is -0.461 e. The molecule has 1 aliphatic heterocycles. The van der Waals surface area contributed by atoms with Gasteiger partial charge in [0.1, 0.15) is 5.69 Å². The molecular formula is C27H24F3N5O2. The number of carbonyl (C=O) groups is 1. The molecule has 0 fully saturated rings. The Labute approximate surface area is 211 Å². The van der Waals surface area contributed by atoms with Crippen molar-refractivity contribution in [3.63, 3.8) is 0 Å². The first-order valence-corrected chi connectivity index (χ1v) is 11.8. The summed E-state index contributed by atoms with van der Waals surface area (Å²) in [4.78, 5) is 15.9. The van der Waals surface area contributed by atoms with E-state index in [9.17, 15) is 18.0 Å². The third-order valence-electron chi connectivity index (χ3n) is 6.16. The van der Waals surface area contributed by atoms with Gasteiger partial charge in [0.05, 0.1) is 24.1 Å². The zero-order valence-electron chi connectivity index (χ0n) is 20.0. The first-order chi connectivity index (χ1) is 17.8. The third-order valence-corrected chi connectivity index (χ3v) is 6.16. The summed E-state index contributed by atoms with van der Waals surface area (Å²) in [7, 11) is 0. The number of alkyl halides is 3. The van der Waals surface area contributed by atoms with Crippen molar-refractivity contribution in [3.8, 4) is 28.2 Å². The third kappa shape index (κ3) is 5.19. The lowest BCUT2D eigenvalue weighted by Crippen LogP contribution is -2.19. The first kappa shape index (κ1) is 24.5. The van der Waals surface area contributed by atoms with Gasteiger partial charge in [0, 0.05) is 17.8 Å². The Morgan fingerprint density at radius 1 is 1.05 bits per heavy atom. The van der Waals surface area contributed by atoms with Gasteiger partial charge in [0.2, 0.25) is 0 Å². The van der Waals surface area contributed by atoms with Crippen molar-refractivity contribution >= 4 is 11.5 Å². The van der Waals surface area contributed by atoms with Crippen LogP contribution >= 0.6 is 0 Å². The fourth-order valence-electron chi connectivity index (χ4n) is 4.23. The highest BCUT2D eigenvalue weighted by molar-refractivity contribution is 5.93. The molecule has 0 radical (unpaired) electrons. The summed E-state index contributed by atoms with van der Waals surface area (Å²) in [6.07, 6.45) is 0.287. The fraction of sp³-hybridized carbons (Fsp3) is 0.222. The molecule has 0 saturated heterocycles. The quantitative estimate of drug-likeness (QED) is 0.337. The monoisotopic (exact) mass is 507 g/mol. The first-order valence-electron chi connectivity index (χ1n) is 11.8. The van der Waals surface area contributed by atoms with Gasteiger partial charge in [-0.1, -0.05) is 47.7 Å². The highest BCUT2D eigenvalue weighted by Gasteiger charge is 2.30. The second-order valence-corrected chi connectivity index (χ2v) is 8.55. The van der Waals surface area contributed by atoms with Crippen LogP contribution in [0.1, 0.15) is 35.0 Å². The highest BCUT2D eigenvalue weighted by Crippen LogP contribution is 2.31. The maximum absolute atomic E-state index is 12.9. The molecular weight excluding hydrogens is 483 g/mol. The molecule has 2 N–H and O–H groups in total. The summed E-state index contributed by atoms with van der Waals surface area (Å²) in [6, 6.07) is 14.5. The Balaban J connectivity index is 1.47. The predicted molar refractivity (Wildman–Crippen MR) is 133 cm³/mol. The van der Waals surface area contributed by atoms with Gasteiger partial charge in [-0.3, -0.25) is 0 Å². The van der Waals surface area contributed by atoms with Crippen molar-refractivity contribution in [1.82, 2.24) is 25.3 Å². The number of carbonyl (C=O) groups excluding carboxylic acids is 1. The van der Waals surface area contributed by atoms with Crippen molar-refractivity contribution in [3.05, 3.63) is 83.7 Å². The van der Waals surface area contributed by atoms with Gasteiger partial charge >= 0.3 is 12.1 Å². The average Bonchev–Trinajstić information content (AvgIpc) is 3.57. The number of aromatic nitrogens is 4. The van der Waals surface area contributed by atoms with Crippen LogP contribution < -0.4 is 5.32 Å². The number of benzene rings is 2. The topological polar surface area (TPSA) is 84.8 Å². The van der Waals surface area contributed by atoms with E-state index in [2.05, 4.69) is 38.8 Å². The van der Waals surface area contributed by atoms with Gasteiger partial charge < -0.3 is 15.0 Å². The Hall–Kier alpha value is -4.18. The second-order valence-electron chi connectivity index (χ2n) is 8.55. The molecule has 3 heterocycles. The Morgan fingerprint density at radius 2 is 1.76 bits per heavy atom. The Morgan fingerprint density at radius 3 is 2.41 bits per heavy atom. The number of nitrogens with zero attached hydrogens (tertiary/aromatic N) is 3. The number of rotatable bonds is 6. The predicted octanol–water partition coefficient (Wildman–Crippen LogP) is 5.50. The molecule has 5 rings (SSSR count). The van der Waals surface area contributed by atoms with E-state index < -0.39 is 17.7 Å². The zero-order valence-corrected chi connectivity index (χ0v) is 20.0. The van der Waals surface area contributed by atoms with Gasteiger partial charge in [-0.15, -0.1) is 5.10 Å². The summed E-state index contributed by atoms with van der Waals surface area (Å²) in [6.45, 7) is 3.71. The van der Waals surface area contributed by atoms with Crippen LogP contribution in [0.15, 0.2) is 66.9 Å². The molecule has 0 aliphatic carbocycles. The average molecular weight is 508 g/mol. The summed E-state index contributed by atoms with van der Waals surface area (Å²) in [5.74, 6) is -0.549. The summed E-state index contributed by atoms with van der Waals surface area (Å²) >= 11 is 0. The molecule has 0 saturated carbocycles. The lowest BCUT2D eigenvalue weighted by Gasteiger charge is -2.14. The van der Waals surface area contributed by atoms with E-state index in [1.165, 1.54) is 22.4 Å². The number of aromatic amines is 1. The van der Waals surface area contributed by atoms with E-state index in [1.54, 1.807) is 19.2 Å². The van der Waals surface area contributed by atoms with Crippen LogP contribution in [-0.4, -0.2) is 45.6 Å². The van der Waals surface area contributed by atoms with Crippen LogP contribution in [0, 0.1) is 0 Å². The van der Waals surface area contributed by atoms with Crippen LogP contribution in [0.3, 0.4) is 0 Å². The molecule has 37 heavy (non-hydrogen) atoms. The van der Waals surface area contributed by atoms with Gasteiger partial charge in [-0.2, -0.15) is 13.2 Å². The van der Waals surface area contributed by atoms with Crippen molar-refractivity contribution < 1.29 is 22.7 Å². The van der Waals surface area contributed by atoms with Crippen molar-refractivity contribution in [2.24, 2.45) is 0 Å². The molecule has 0 amide bonds. The van der Waals surface area contributed by atoms with Crippen LogP contribution in [0.2, 0.25) is 0 Å². The number of esters is 1. The zero-order chi connectivity index (χ0) is 26.0. The second kappa shape index (κ2) is 10.1. The number of hydrogen-bond acceptors (Lipinski definition) is 5. The molecule has 0 atom stereocenters. The number of hydrogen-bond donors (Lipinski definition) is 2. The van der Waals surface area contributed by atoms with Crippen molar-refractivity contribution in [2.45, 2.75) is 19.5 Å². The SMILES string of the molecule is CCOC(=O)c1[nH]c(-c2ccc(C3=CCNCC3)cc2)cc1-n1cc(-c2ccc(C(F)(F)F)cc2)nn1. The molecule has 1 aliphatic rings. The maximum Gasteiger partial charge on any atom is 0.416 e. The molecule has 190 valence electrons. The molecule has 0 unspecified atom stereocenters. The molecule has 4 aromatic rings. The van der Waals surface area contributed by atoms with Crippen LogP contribution in [0.4, 0.5) is 13.2 Å². The van der Waals surface area contributed by atoms with Crippen LogP contribution in [0.25, 0.3) is 33.8 Å². The fourth-order valence-corrected chi connectivity index (χ4v) is 4.23. The number of H-pyrrole nitrogens is 1. The molecule has 10 heteroatoms. The standard InChI is InChI=1S/C27H24F3N5O2/c1-2-37-26(36)25-24(35-16-23(33-34-35)20-7-9-21(10-8-20)27(28,29)30)15-22(32-25)19-5-3-17(4-6-19)18-11-13-31-14-12-18/h3-11,15-16,31-32H,2,12-14H2,1H3. The summed E-state index contributed by atoms with van der Waals surface area (Å²) in [5, 5.41) is 11.5. The number of halogens is 3. The Bertz CT molecular complexity index is 1430. The molecule has 2 aromatic heterocycles. The van der Waals surface area contributed by atoms with Gasteiger partial charge in [0.15, 0.2) is 5.69 Å². The van der Waals surface area contributed by atoms with Crippen LogP contribution in [-0.2, 0) is 10.9 Å². The van der Waals surface area contributed by atoms with Crippen molar-refractivity contribution in [2.75, 3.05) is 19.7 Å². The normalized spacial score (nSPS) is 13.9. The number of ether oxygens (including phenoxy) is 1. The summed E-state index contributed by atoms with van der Waals surface area (Å²) in [5.41, 5.74) is 4.72. The van der Waals surface area contributed by atoms with Gasteiger partial charge in [0.25, 0.3) is 0 Å². The molecule has 7 nitrogen and oxygen atoms in total. The van der Waals surface area contributed by atoms with E-state index in [4.69, 9.17) is 4.74 Å². The summed E-state index contributed by atoms with van der Waals surface area (Å²) < 4.78 is 45.3. The largest absolute Gasteiger partial charge is 0.461 e. The van der Waals surface area contributed by atoms with E-state index in [0.29, 0.717) is 22.6 Å². The minimum absolute atomic E-state index is 0.194.